The molecular formula is C19H20BrNO3. The van der Waals surface area contributed by atoms with Crippen LogP contribution >= 0.6 is 15.9 Å². The molecule has 1 amide bonds. The van der Waals surface area contributed by atoms with Crippen LogP contribution in [0.1, 0.15) is 19.4 Å². The predicted molar refractivity (Wildman–Crippen MR) is 97.9 cm³/mol. The molecule has 0 radical (unpaired) electrons. The van der Waals surface area contributed by atoms with Crippen LogP contribution in [0.2, 0.25) is 0 Å². The third-order valence-corrected chi connectivity index (χ3v) is 3.97. The van der Waals surface area contributed by atoms with Crippen molar-refractivity contribution in [3.8, 4) is 0 Å². The van der Waals surface area contributed by atoms with Crippen LogP contribution in [0.15, 0.2) is 59.1 Å². The zero-order chi connectivity index (χ0) is 17.5. The topological polar surface area (TPSA) is 46.6 Å². The lowest BCUT2D eigenvalue weighted by atomic mass is 10.2. The second kappa shape index (κ2) is 8.64. The number of halogens is 1. The highest BCUT2D eigenvalue weighted by Crippen LogP contribution is 2.17. The molecule has 0 saturated carbocycles. The lowest BCUT2D eigenvalue weighted by molar-refractivity contribution is -0.147. The molecule has 126 valence electrons. The summed E-state index contributed by atoms with van der Waals surface area (Å²) in [6.07, 6.45) is 0.146. The van der Waals surface area contributed by atoms with Gasteiger partial charge in [0.1, 0.15) is 0 Å². The Morgan fingerprint density at radius 3 is 2.25 bits per heavy atom. The van der Waals surface area contributed by atoms with Crippen molar-refractivity contribution in [3.63, 3.8) is 0 Å². The van der Waals surface area contributed by atoms with Crippen molar-refractivity contribution in [2.24, 2.45) is 0 Å². The van der Waals surface area contributed by atoms with Crippen molar-refractivity contribution < 1.29 is 14.3 Å². The molecule has 0 aliphatic carbocycles. The smallest absolute Gasteiger partial charge is 0.310 e. The molecule has 0 N–H and O–H groups in total. The summed E-state index contributed by atoms with van der Waals surface area (Å²) in [6, 6.07) is 16.8. The van der Waals surface area contributed by atoms with Gasteiger partial charge in [0.05, 0.1) is 6.42 Å². The molecule has 0 atom stereocenters. The summed E-state index contributed by atoms with van der Waals surface area (Å²) in [6.45, 7) is 3.59. The van der Waals surface area contributed by atoms with Crippen LogP contribution in [0.25, 0.3) is 0 Å². The fourth-order valence-corrected chi connectivity index (χ4v) is 2.61. The van der Waals surface area contributed by atoms with Crippen molar-refractivity contribution in [1.82, 2.24) is 0 Å². The predicted octanol–water partition coefficient (Wildman–Crippen LogP) is 3.98. The van der Waals surface area contributed by atoms with Crippen molar-refractivity contribution in [3.05, 3.63) is 64.6 Å². The summed E-state index contributed by atoms with van der Waals surface area (Å²) in [5, 5.41) is 0. The Morgan fingerprint density at radius 2 is 1.67 bits per heavy atom. The molecule has 0 aliphatic rings. The zero-order valence-electron chi connectivity index (χ0n) is 13.7. The van der Waals surface area contributed by atoms with Gasteiger partial charge in [-0.3, -0.25) is 9.59 Å². The Labute approximate surface area is 150 Å². The van der Waals surface area contributed by atoms with Crippen LogP contribution in [0, 0.1) is 0 Å². The number of carbonyl (C=O) groups is 2. The van der Waals surface area contributed by atoms with Crippen LogP contribution in [0.3, 0.4) is 0 Å². The Hall–Kier alpha value is -2.14. The van der Waals surface area contributed by atoms with E-state index in [0.29, 0.717) is 0 Å². The molecule has 0 bridgehead atoms. The van der Waals surface area contributed by atoms with Gasteiger partial charge in [-0.1, -0.05) is 46.3 Å². The molecule has 0 unspecified atom stereocenters. The third kappa shape index (κ3) is 5.20. The normalized spacial score (nSPS) is 10.5. The largest absolute Gasteiger partial charge is 0.455 e. The number of carbonyl (C=O) groups excluding carboxylic acids is 2. The van der Waals surface area contributed by atoms with Gasteiger partial charge in [-0.15, -0.1) is 0 Å². The molecule has 24 heavy (non-hydrogen) atoms. The van der Waals surface area contributed by atoms with Crippen molar-refractivity contribution in [2.45, 2.75) is 26.3 Å². The van der Waals surface area contributed by atoms with E-state index in [4.69, 9.17) is 4.74 Å². The number of hydrogen-bond acceptors (Lipinski definition) is 3. The quantitative estimate of drug-likeness (QED) is 0.702. The highest BCUT2D eigenvalue weighted by molar-refractivity contribution is 9.10. The van der Waals surface area contributed by atoms with E-state index in [9.17, 15) is 9.59 Å². The van der Waals surface area contributed by atoms with E-state index in [1.54, 1.807) is 4.90 Å². The monoisotopic (exact) mass is 389 g/mol. The average molecular weight is 390 g/mol. The van der Waals surface area contributed by atoms with Gasteiger partial charge in [0, 0.05) is 16.2 Å². The lowest BCUT2D eigenvalue weighted by Gasteiger charge is -2.26. The fraction of sp³-hybridized carbons (Fsp3) is 0.263. The van der Waals surface area contributed by atoms with Gasteiger partial charge >= 0.3 is 5.97 Å². The number of ether oxygens (including phenoxy) is 1. The molecule has 5 heteroatoms. The zero-order valence-corrected chi connectivity index (χ0v) is 15.3. The second-order valence-corrected chi connectivity index (χ2v) is 6.57. The lowest BCUT2D eigenvalue weighted by Crippen LogP contribution is -2.40. The first-order chi connectivity index (χ1) is 11.5. The van der Waals surface area contributed by atoms with E-state index in [-0.39, 0.29) is 25.0 Å². The van der Waals surface area contributed by atoms with E-state index < -0.39 is 5.97 Å². The van der Waals surface area contributed by atoms with Crippen molar-refractivity contribution in [2.75, 3.05) is 11.5 Å². The number of rotatable bonds is 6. The molecule has 0 heterocycles. The summed E-state index contributed by atoms with van der Waals surface area (Å²) in [4.78, 5) is 26.0. The fourth-order valence-electron chi connectivity index (χ4n) is 2.35. The SMILES string of the molecule is CC(C)N(C(=O)COC(=O)Cc1ccc(Br)cc1)c1ccccc1. The van der Waals surface area contributed by atoms with Crippen LogP contribution in [-0.2, 0) is 20.7 Å². The number of para-hydroxylation sites is 1. The molecule has 0 aromatic heterocycles. The Bertz CT molecular complexity index is 684. The van der Waals surface area contributed by atoms with E-state index in [1.807, 2.05) is 68.4 Å². The van der Waals surface area contributed by atoms with E-state index in [2.05, 4.69) is 15.9 Å². The summed E-state index contributed by atoms with van der Waals surface area (Å²) < 4.78 is 6.10. The van der Waals surface area contributed by atoms with Gasteiger partial charge in [-0.2, -0.15) is 0 Å². The number of anilines is 1. The van der Waals surface area contributed by atoms with Crippen LogP contribution in [0.4, 0.5) is 5.69 Å². The number of hydrogen-bond donors (Lipinski definition) is 0. The highest BCUT2D eigenvalue weighted by atomic mass is 79.9. The van der Waals surface area contributed by atoms with Crippen LogP contribution < -0.4 is 4.90 Å². The maximum Gasteiger partial charge on any atom is 0.310 e. The maximum atomic E-state index is 12.4. The van der Waals surface area contributed by atoms with Crippen molar-refractivity contribution in [1.29, 1.82) is 0 Å². The maximum absolute atomic E-state index is 12.4. The molecule has 2 aromatic carbocycles. The number of amides is 1. The molecule has 0 saturated heterocycles. The molecule has 2 rings (SSSR count). The minimum Gasteiger partial charge on any atom is -0.455 e. The first-order valence-electron chi connectivity index (χ1n) is 7.74. The minimum atomic E-state index is -0.414. The first-order valence-corrected chi connectivity index (χ1v) is 8.54. The van der Waals surface area contributed by atoms with Gasteiger partial charge in [0.15, 0.2) is 6.61 Å². The van der Waals surface area contributed by atoms with Crippen LogP contribution in [0.5, 0.6) is 0 Å². The van der Waals surface area contributed by atoms with Gasteiger partial charge in [-0.25, -0.2) is 0 Å². The molecule has 0 aliphatic heterocycles. The molecule has 4 nitrogen and oxygen atoms in total. The Kier molecular flexibility index (Phi) is 6.55. The van der Waals surface area contributed by atoms with Crippen molar-refractivity contribution >= 4 is 33.5 Å². The van der Waals surface area contributed by atoms with E-state index >= 15 is 0 Å². The van der Waals surface area contributed by atoms with Gasteiger partial charge < -0.3 is 9.64 Å². The Morgan fingerprint density at radius 1 is 1.04 bits per heavy atom. The summed E-state index contributed by atoms with van der Waals surface area (Å²) in [5.74, 6) is -0.650. The first kappa shape index (κ1) is 18.2. The highest BCUT2D eigenvalue weighted by Gasteiger charge is 2.20. The molecule has 2 aromatic rings. The average Bonchev–Trinajstić information content (AvgIpc) is 2.56. The number of esters is 1. The molecule has 0 fully saturated rings. The Balaban J connectivity index is 1.93. The second-order valence-electron chi connectivity index (χ2n) is 5.66. The van der Waals surface area contributed by atoms with Gasteiger partial charge in [-0.05, 0) is 43.7 Å². The molecular weight excluding hydrogens is 370 g/mol. The minimum absolute atomic E-state index is 0.0231. The molecule has 0 spiro atoms. The van der Waals surface area contributed by atoms with E-state index in [1.165, 1.54) is 0 Å². The summed E-state index contributed by atoms with van der Waals surface area (Å²) in [7, 11) is 0. The van der Waals surface area contributed by atoms with Gasteiger partial charge in [0.25, 0.3) is 5.91 Å². The summed E-state index contributed by atoms with van der Waals surface area (Å²) in [5.41, 5.74) is 1.64. The number of benzene rings is 2. The number of nitrogens with zero attached hydrogens (tertiary/aromatic N) is 1. The third-order valence-electron chi connectivity index (χ3n) is 3.44. The van der Waals surface area contributed by atoms with Crippen LogP contribution in [-0.4, -0.2) is 24.5 Å². The summed E-state index contributed by atoms with van der Waals surface area (Å²) >= 11 is 3.35. The van der Waals surface area contributed by atoms with E-state index in [0.717, 1.165) is 15.7 Å². The standard InChI is InChI=1S/C19H20BrNO3/c1-14(2)21(17-6-4-3-5-7-17)18(22)13-24-19(23)12-15-8-10-16(20)11-9-15/h3-11,14H,12-13H2,1-2H3. The van der Waals surface area contributed by atoms with Gasteiger partial charge in [0.2, 0.25) is 0 Å².